The third kappa shape index (κ3) is 3.09. The summed E-state index contributed by atoms with van der Waals surface area (Å²) in [7, 11) is 6.64. The van der Waals surface area contributed by atoms with Gasteiger partial charge >= 0.3 is 0 Å². The number of rotatable bonds is 2. The number of nitrogens with zero attached hydrogens (tertiary/aromatic N) is 2. The van der Waals surface area contributed by atoms with Gasteiger partial charge in [-0.3, -0.25) is 4.90 Å². The van der Waals surface area contributed by atoms with E-state index < -0.39 is 0 Å². The molecule has 0 radical (unpaired) electrons. The van der Waals surface area contributed by atoms with Crippen LogP contribution in [0.15, 0.2) is 16.8 Å². The van der Waals surface area contributed by atoms with Crippen LogP contribution < -0.4 is 0 Å². The van der Waals surface area contributed by atoms with E-state index in [0.29, 0.717) is 0 Å². The SMILES string of the molecule is CC.CN1CCC(c2ccsc2)(N(C)C)CC1. The summed E-state index contributed by atoms with van der Waals surface area (Å²) in [6, 6.07) is 2.29. The zero-order chi connectivity index (χ0) is 12.9. The Hall–Kier alpha value is -0.380. The average Bonchev–Trinajstić information content (AvgIpc) is 2.87. The fourth-order valence-corrected chi connectivity index (χ4v) is 3.26. The van der Waals surface area contributed by atoms with Crippen molar-refractivity contribution in [1.29, 1.82) is 0 Å². The molecule has 17 heavy (non-hydrogen) atoms. The van der Waals surface area contributed by atoms with Crippen LogP contribution in [0, 0.1) is 0 Å². The number of thiophene rings is 1. The molecular weight excluding hydrogens is 228 g/mol. The summed E-state index contributed by atoms with van der Waals surface area (Å²) in [5, 5.41) is 4.50. The van der Waals surface area contributed by atoms with Crippen LogP contribution in [-0.2, 0) is 5.54 Å². The number of piperidine rings is 1. The summed E-state index contributed by atoms with van der Waals surface area (Å²) in [5.74, 6) is 0. The van der Waals surface area contributed by atoms with Gasteiger partial charge in [0.25, 0.3) is 0 Å². The molecule has 2 heterocycles. The maximum atomic E-state index is 2.42. The van der Waals surface area contributed by atoms with E-state index in [1.807, 2.05) is 25.2 Å². The number of hydrogen-bond acceptors (Lipinski definition) is 3. The molecule has 0 N–H and O–H groups in total. The molecule has 0 atom stereocenters. The maximum Gasteiger partial charge on any atom is 0.0487 e. The second kappa shape index (κ2) is 6.53. The van der Waals surface area contributed by atoms with Crippen LogP contribution in [0.25, 0.3) is 0 Å². The molecule has 1 aromatic heterocycles. The summed E-state index contributed by atoms with van der Waals surface area (Å²) in [4.78, 5) is 4.83. The molecule has 3 heteroatoms. The maximum absolute atomic E-state index is 2.42. The minimum atomic E-state index is 0.284. The van der Waals surface area contributed by atoms with Gasteiger partial charge in [0, 0.05) is 5.54 Å². The van der Waals surface area contributed by atoms with E-state index in [4.69, 9.17) is 0 Å². The van der Waals surface area contributed by atoms with Crippen molar-refractivity contribution in [3.63, 3.8) is 0 Å². The van der Waals surface area contributed by atoms with Gasteiger partial charge in [0.2, 0.25) is 0 Å². The van der Waals surface area contributed by atoms with Crippen molar-refractivity contribution in [1.82, 2.24) is 9.80 Å². The van der Waals surface area contributed by atoms with Crippen LogP contribution in [-0.4, -0.2) is 44.0 Å². The third-order valence-corrected chi connectivity index (χ3v) is 4.41. The number of likely N-dealkylation sites (tertiary alicyclic amines) is 1. The first kappa shape index (κ1) is 14.7. The molecule has 0 spiro atoms. The van der Waals surface area contributed by atoms with Gasteiger partial charge in [0.05, 0.1) is 0 Å². The number of hydrogen-bond donors (Lipinski definition) is 0. The lowest BCUT2D eigenvalue weighted by Gasteiger charge is -2.45. The van der Waals surface area contributed by atoms with E-state index >= 15 is 0 Å². The first-order chi connectivity index (χ1) is 8.15. The van der Waals surface area contributed by atoms with Crippen molar-refractivity contribution >= 4 is 11.3 Å². The molecule has 1 fully saturated rings. The lowest BCUT2D eigenvalue weighted by molar-refractivity contribution is 0.0647. The van der Waals surface area contributed by atoms with Gasteiger partial charge in [-0.1, -0.05) is 13.8 Å². The summed E-state index contributed by atoms with van der Waals surface area (Å²) in [6.45, 7) is 6.40. The van der Waals surface area contributed by atoms with Gasteiger partial charge in [0.15, 0.2) is 0 Å². The Labute approximate surface area is 110 Å². The Bertz CT molecular complexity index is 298. The molecule has 98 valence electrons. The fraction of sp³-hybridized carbons (Fsp3) is 0.714. The Morgan fingerprint density at radius 1 is 1.24 bits per heavy atom. The van der Waals surface area contributed by atoms with Gasteiger partial charge < -0.3 is 4.90 Å². The van der Waals surface area contributed by atoms with Gasteiger partial charge in [0.1, 0.15) is 0 Å². The molecule has 0 aromatic carbocycles. The predicted molar refractivity (Wildman–Crippen MR) is 77.8 cm³/mol. The Kier molecular flexibility index (Phi) is 5.63. The normalized spacial score (nSPS) is 19.9. The quantitative estimate of drug-likeness (QED) is 0.799. The zero-order valence-corrected chi connectivity index (χ0v) is 12.7. The van der Waals surface area contributed by atoms with Crippen LogP contribution in [0.1, 0.15) is 32.3 Å². The highest BCUT2D eigenvalue weighted by molar-refractivity contribution is 7.08. The van der Waals surface area contributed by atoms with Gasteiger partial charge in [-0.05, 0) is 69.5 Å². The van der Waals surface area contributed by atoms with Crippen LogP contribution in [0.5, 0.6) is 0 Å². The Morgan fingerprint density at radius 3 is 2.24 bits per heavy atom. The van der Waals surface area contributed by atoms with E-state index in [0.717, 1.165) is 0 Å². The molecule has 1 saturated heterocycles. The Balaban J connectivity index is 0.000000686. The second-order valence-corrected chi connectivity index (χ2v) is 5.52. The van der Waals surface area contributed by atoms with Crippen LogP contribution in [0.3, 0.4) is 0 Å². The fourth-order valence-electron chi connectivity index (χ4n) is 2.51. The highest BCUT2D eigenvalue weighted by Gasteiger charge is 2.37. The van der Waals surface area contributed by atoms with E-state index in [1.54, 1.807) is 0 Å². The smallest absolute Gasteiger partial charge is 0.0487 e. The van der Waals surface area contributed by atoms with Crippen LogP contribution in [0.2, 0.25) is 0 Å². The molecular formula is C14H26N2S. The standard InChI is InChI=1S/C12H20N2S.C2H6/c1-13(2)12(11-4-9-15-10-11)5-7-14(3)8-6-12;1-2/h4,9-10H,5-8H2,1-3H3;1-2H3. The van der Waals surface area contributed by atoms with E-state index in [-0.39, 0.29) is 5.54 Å². The van der Waals surface area contributed by atoms with Crippen molar-refractivity contribution in [2.24, 2.45) is 0 Å². The zero-order valence-electron chi connectivity index (χ0n) is 11.9. The van der Waals surface area contributed by atoms with Gasteiger partial charge in [-0.2, -0.15) is 11.3 Å². The minimum absolute atomic E-state index is 0.284. The van der Waals surface area contributed by atoms with Crippen molar-refractivity contribution in [3.8, 4) is 0 Å². The minimum Gasteiger partial charge on any atom is -0.306 e. The summed E-state index contributed by atoms with van der Waals surface area (Å²) >= 11 is 1.81. The van der Waals surface area contributed by atoms with Crippen molar-refractivity contribution in [2.45, 2.75) is 32.2 Å². The first-order valence-electron chi connectivity index (χ1n) is 6.54. The molecule has 0 unspecified atom stereocenters. The monoisotopic (exact) mass is 254 g/mol. The van der Waals surface area contributed by atoms with E-state index in [9.17, 15) is 0 Å². The molecule has 0 amide bonds. The first-order valence-corrected chi connectivity index (χ1v) is 7.48. The average molecular weight is 254 g/mol. The largest absolute Gasteiger partial charge is 0.306 e. The van der Waals surface area contributed by atoms with Crippen molar-refractivity contribution in [3.05, 3.63) is 22.4 Å². The molecule has 2 nitrogen and oxygen atoms in total. The second-order valence-electron chi connectivity index (χ2n) is 4.74. The van der Waals surface area contributed by atoms with E-state index in [2.05, 4.69) is 47.8 Å². The molecule has 0 saturated carbocycles. The van der Waals surface area contributed by atoms with Crippen molar-refractivity contribution in [2.75, 3.05) is 34.2 Å². The summed E-state index contributed by atoms with van der Waals surface area (Å²) in [5.41, 5.74) is 1.79. The van der Waals surface area contributed by atoms with Gasteiger partial charge in [-0.15, -0.1) is 0 Å². The van der Waals surface area contributed by atoms with Crippen LogP contribution >= 0.6 is 11.3 Å². The highest BCUT2D eigenvalue weighted by Crippen LogP contribution is 2.37. The summed E-state index contributed by atoms with van der Waals surface area (Å²) in [6.07, 6.45) is 2.49. The molecule has 0 aliphatic carbocycles. The topological polar surface area (TPSA) is 6.48 Å². The lowest BCUT2D eigenvalue weighted by Crippen LogP contribution is -2.49. The molecule has 0 bridgehead atoms. The van der Waals surface area contributed by atoms with E-state index in [1.165, 1.54) is 31.5 Å². The molecule has 2 rings (SSSR count). The Morgan fingerprint density at radius 2 is 1.82 bits per heavy atom. The molecule has 1 aliphatic heterocycles. The summed E-state index contributed by atoms with van der Waals surface area (Å²) < 4.78 is 0. The molecule has 1 aromatic rings. The lowest BCUT2D eigenvalue weighted by atomic mass is 9.81. The van der Waals surface area contributed by atoms with Crippen molar-refractivity contribution < 1.29 is 0 Å². The molecule has 1 aliphatic rings. The highest BCUT2D eigenvalue weighted by atomic mass is 32.1. The third-order valence-electron chi connectivity index (χ3n) is 3.73. The predicted octanol–water partition coefficient (Wildman–Crippen LogP) is 3.26. The van der Waals surface area contributed by atoms with Gasteiger partial charge in [-0.25, -0.2) is 0 Å². The van der Waals surface area contributed by atoms with Crippen LogP contribution in [0.4, 0.5) is 0 Å².